The first-order valence-electron chi connectivity index (χ1n) is 6.23. The minimum Gasteiger partial charge on any atom is -0.314 e. The van der Waals surface area contributed by atoms with Crippen LogP contribution in [0.15, 0.2) is 30.2 Å². The molecule has 0 saturated carbocycles. The fraction of sp³-hybridized carbons (Fsp3) is 0.571. The predicted molar refractivity (Wildman–Crippen MR) is 74.2 cm³/mol. The zero-order valence-electron chi connectivity index (χ0n) is 10.2. The summed E-state index contributed by atoms with van der Waals surface area (Å²) in [6.45, 7) is 7.16. The van der Waals surface area contributed by atoms with Gasteiger partial charge in [0.2, 0.25) is 0 Å². The maximum Gasteiger partial charge on any atom is 0.0102 e. The van der Waals surface area contributed by atoms with Gasteiger partial charge in [0.25, 0.3) is 0 Å². The lowest BCUT2D eigenvalue weighted by atomic mass is 10.1. The highest BCUT2D eigenvalue weighted by Crippen LogP contribution is 2.13. The Morgan fingerprint density at radius 2 is 2.44 bits per heavy atom. The average Bonchev–Trinajstić information content (AvgIpc) is 2.79. The van der Waals surface area contributed by atoms with E-state index in [4.69, 9.17) is 0 Å². The van der Waals surface area contributed by atoms with Gasteiger partial charge in [-0.15, -0.1) is 17.9 Å². The highest BCUT2D eigenvalue weighted by Gasteiger charge is 2.05. The first-order valence-corrected chi connectivity index (χ1v) is 7.11. The second-order valence-electron chi connectivity index (χ2n) is 4.15. The molecule has 1 atom stereocenters. The Balaban J connectivity index is 2.18. The number of hydrogen-bond acceptors (Lipinski definition) is 2. The Labute approximate surface area is 104 Å². The summed E-state index contributed by atoms with van der Waals surface area (Å²) in [6.07, 6.45) is 8.07. The van der Waals surface area contributed by atoms with Gasteiger partial charge in [0.1, 0.15) is 0 Å². The van der Waals surface area contributed by atoms with Gasteiger partial charge in [-0.05, 0) is 50.1 Å². The number of rotatable bonds is 9. The summed E-state index contributed by atoms with van der Waals surface area (Å²) >= 11 is 1.87. The van der Waals surface area contributed by atoms with E-state index in [2.05, 4.69) is 36.3 Å². The monoisotopic (exact) mass is 237 g/mol. The van der Waals surface area contributed by atoms with Crippen LogP contribution in [0.5, 0.6) is 0 Å². The second kappa shape index (κ2) is 8.54. The Hall–Kier alpha value is -0.600. The molecule has 0 aliphatic heterocycles. The Morgan fingerprint density at radius 1 is 1.56 bits per heavy atom. The molecule has 1 nitrogen and oxygen atoms in total. The SMILES string of the molecule is C=CCC(CCCc1cccs1)NCCC. The van der Waals surface area contributed by atoms with E-state index in [0.29, 0.717) is 6.04 Å². The van der Waals surface area contributed by atoms with Crippen molar-refractivity contribution in [3.63, 3.8) is 0 Å². The maximum atomic E-state index is 3.83. The summed E-state index contributed by atoms with van der Waals surface area (Å²) in [7, 11) is 0. The fourth-order valence-corrected chi connectivity index (χ4v) is 2.58. The highest BCUT2D eigenvalue weighted by molar-refractivity contribution is 7.09. The maximum absolute atomic E-state index is 3.83. The summed E-state index contributed by atoms with van der Waals surface area (Å²) in [5.41, 5.74) is 0. The lowest BCUT2D eigenvalue weighted by Crippen LogP contribution is -2.29. The summed E-state index contributed by atoms with van der Waals surface area (Å²) in [6, 6.07) is 4.99. The summed E-state index contributed by atoms with van der Waals surface area (Å²) in [4.78, 5) is 1.51. The zero-order valence-corrected chi connectivity index (χ0v) is 11.1. The van der Waals surface area contributed by atoms with E-state index in [0.717, 1.165) is 13.0 Å². The van der Waals surface area contributed by atoms with Crippen LogP contribution in [-0.4, -0.2) is 12.6 Å². The molecule has 0 fully saturated rings. The molecule has 0 saturated heterocycles. The molecule has 1 unspecified atom stereocenters. The van der Waals surface area contributed by atoms with Crippen LogP contribution in [-0.2, 0) is 6.42 Å². The molecule has 1 N–H and O–H groups in total. The molecule has 0 aliphatic rings. The minimum absolute atomic E-state index is 0.623. The largest absolute Gasteiger partial charge is 0.314 e. The minimum atomic E-state index is 0.623. The third-order valence-electron chi connectivity index (χ3n) is 2.69. The predicted octanol–water partition coefficient (Wildman–Crippen LogP) is 4.02. The highest BCUT2D eigenvalue weighted by atomic mass is 32.1. The van der Waals surface area contributed by atoms with Gasteiger partial charge < -0.3 is 5.32 Å². The molecular formula is C14H23NS. The van der Waals surface area contributed by atoms with Crippen molar-refractivity contribution in [1.29, 1.82) is 0 Å². The van der Waals surface area contributed by atoms with E-state index < -0.39 is 0 Å². The van der Waals surface area contributed by atoms with Crippen LogP contribution in [0.25, 0.3) is 0 Å². The van der Waals surface area contributed by atoms with Gasteiger partial charge >= 0.3 is 0 Å². The van der Waals surface area contributed by atoms with Gasteiger partial charge in [0.15, 0.2) is 0 Å². The van der Waals surface area contributed by atoms with E-state index in [-0.39, 0.29) is 0 Å². The molecular weight excluding hydrogens is 214 g/mol. The molecule has 1 heterocycles. The van der Waals surface area contributed by atoms with Gasteiger partial charge in [-0.2, -0.15) is 0 Å². The average molecular weight is 237 g/mol. The van der Waals surface area contributed by atoms with E-state index >= 15 is 0 Å². The van der Waals surface area contributed by atoms with Crippen molar-refractivity contribution in [2.24, 2.45) is 0 Å². The second-order valence-corrected chi connectivity index (χ2v) is 5.18. The Bertz CT molecular complexity index is 266. The van der Waals surface area contributed by atoms with Crippen molar-refractivity contribution in [2.75, 3.05) is 6.54 Å². The third-order valence-corrected chi connectivity index (χ3v) is 3.63. The summed E-state index contributed by atoms with van der Waals surface area (Å²) in [5.74, 6) is 0. The van der Waals surface area contributed by atoms with Gasteiger partial charge in [0, 0.05) is 10.9 Å². The standard InChI is InChI=1S/C14H23NS/c1-3-7-13(15-11-4-2)8-5-9-14-10-6-12-16-14/h3,6,10,12-13,15H,1,4-5,7-9,11H2,2H3. The molecule has 0 aliphatic carbocycles. The van der Waals surface area contributed by atoms with Crippen molar-refractivity contribution in [2.45, 2.75) is 45.1 Å². The van der Waals surface area contributed by atoms with Crippen LogP contribution in [0.3, 0.4) is 0 Å². The van der Waals surface area contributed by atoms with Crippen LogP contribution < -0.4 is 5.32 Å². The zero-order chi connectivity index (χ0) is 11.6. The van der Waals surface area contributed by atoms with Gasteiger partial charge in [0.05, 0.1) is 0 Å². The molecule has 90 valence electrons. The van der Waals surface area contributed by atoms with Crippen LogP contribution in [0, 0.1) is 0 Å². The molecule has 0 aromatic carbocycles. The van der Waals surface area contributed by atoms with Crippen LogP contribution in [0.2, 0.25) is 0 Å². The number of thiophene rings is 1. The Morgan fingerprint density at radius 3 is 3.06 bits per heavy atom. The summed E-state index contributed by atoms with van der Waals surface area (Å²) in [5, 5.41) is 5.74. The molecule has 0 bridgehead atoms. The fourth-order valence-electron chi connectivity index (χ4n) is 1.83. The van der Waals surface area contributed by atoms with Gasteiger partial charge in [-0.25, -0.2) is 0 Å². The van der Waals surface area contributed by atoms with Crippen molar-refractivity contribution in [1.82, 2.24) is 5.32 Å². The quantitative estimate of drug-likeness (QED) is 0.640. The molecule has 2 heteroatoms. The third kappa shape index (κ3) is 5.47. The van der Waals surface area contributed by atoms with E-state index in [9.17, 15) is 0 Å². The lowest BCUT2D eigenvalue weighted by molar-refractivity contribution is 0.471. The molecule has 1 aromatic heterocycles. The smallest absolute Gasteiger partial charge is 0.0102 e. The van der Waals surface area contributed by atoms with Gasteiger partial charge in [-0.1, -0.05) is 19.1 Å². The Kier molecular flexibility index (Phi) is 7.19. The molecule has 16 heavy (non-hydrogen) atoms. The molecule has 0 amide bonds. The van der Waals surface area contributed by atoms with E-state index in [1.807, 2.05) is 17.4 Å². The molecule has 0 radical (unpaired) electrons. The molecule has 1 aromatic rings. The van der Waals surface area contributed by atoms with E-state index in [1.54, 1.807) is 0 Å². The van der Waals surface area contributed by atoms with Crippen molar-refractivity contribution >= 4 is 11.3 Å². The number of hydrogen-bond donors (Lipinski definition) is 1. The van der Waals surface area contributed by atoms with Crippen molar-refractivity contribution in [3.8, 4) is 0 Å². The van der Waals surface area contributed by atoms with Crippen molar-refractivity contribution in [3.05, 3.63) is 35.0 Å². The number of aryl methyl sites for hydroxylation is 1. The molecule has 0 spiro atoms. The van der Waals surface area contributed by atoms with Crippen LogP contribution in [0.1, 0.15) is 37.5 Å². The first kappa shape index (κ1) is 13.5. The van der Waals surface area contributed by atoms with E-state index in [1.165, 1.54) is 30.6 Å². The molecule has 1 rings (SSSR count). The van der Waals surface area contributed by atoms with Crippen LogP contribution >= 0.6 is 11.3 Å². The van der Waals surface area contributed by atoms with Gasteiger partial charge in [-0.3, -0.25) is 0 Å². The van der Waals surface area contributed by atoms with Crippen molar-refractivity contribution < 1.29 is 0 Å². The summed E-state index contributed by atoms with van der Waals surface area (Å²) < 4.78 is 0. The number of nitrogens with one attached hydrogen (secondary N) is 1. The first-order chi connectivity index (χ1) is 7.86. The normalized spacial score (nSPS) is 12.6. The van der Waals surface area contributed by atoms with Crippen LogP contribution in [0.4, 0.5) is 0 Å². The topological polar surface area (TPSA) is 12.0 Å². The lowest BCUT2D eigenvalue weighted by Gasteiger charge is -2.16.